The van der Waals surface area contributed by atoms with Gasteiger partial charge in [-0.2, -0.15) is 0 Å². The number of carbonyl (C=O) groups excluding carboxylic acids is 1. The maximum Gasteiger partial charge on any atom is 0.410 e. The summed E-state index contributed by atoms with van der Waals surface area (Å²) in [4.78, 5) is 13.6. The van der Waals surface area contributed by atoms with Crippen LogP contribution in [0.15, 0.2) is 0 Å². The van der Waals surface area contributed by atoms with Crippen molar-refractivity contribution in [3.05, 3.63) is 0 Å². The molecule has 106 valence electrons. The van der Waals surface area contributed by atoms with Gasteiger partial charge >= 0.3 is 6.09 Å². The second-order valence-electron chi connectivity index (χ2n) is 5.74. The van der Waals surface area contributed by atoms with E-state index in [0.717, 1.165) is 38.9 Å². The molecule has 1 aliphatic rings. The van der Waals surface area contributed by atoms with Crippen LogP contribution in [0, 0.1) is 0 Å². The predicted octanol–water partition coefficient (Wildman–Crippen LogP) is 2.60. The van der Waals surface area contributed by atoms with E-state index in [1.807, 2.05) is 20.8 Å². The van der Waals surface area contributed by atoms with E-state index in [-0.39, 0.29) is 6.09 Å². The number of halogens is 1. The van der Waals surface area contributed by atoms with Crippen LogP contribution in [0.5, 0.6) is 0 Å². The summed E-state index contributed by atoms with van der Waals surface area (Å²) in [5, 5.41) is 3.47. The molecular weight excluding hydrogens is 252 g/mol. The van der Waals surface area contributed by atoms with Gasteiger partial charge in [-0.1, -0.05) is 0 Å². The van der Waals surface area contributed by atoms with Gasteiger partial charge in [0.15, 0.2) is 0 Å². The van der Waals surface area contributed by atoms with Gasteiger partial charge in [0, 0.05) is 25.0 Å². The van der Waals surface area contributed by atoms with Crippen molar-refractivity contribution in [2.75, 3.05) is 25.5 Å². The number of hydrogen-bond acceptors (Lipinski definition) is 3. The van der Waals surface area contributed by atoms with E-state index < -0.39 is 5.60 Å². The van der Waals surface area contributed by atoms with Crippen LogP contribution in [0.3, 0.4) is 0 Å². The first-order valence-corrected chi connectivity index (χ1v) is 7.23. The average molecular weight is 277 g/mol. The second kappa shape index (κ2) is 7.19. The van der Waals surface area contributed by atoms with Crippen LogP contribution >= 0.6 is 11.6 Å². The number of nitrogens with zero attached hydrogens (tertiary/aromatic N) is 1. The first kappa shape index (κ1) is 15.6. The number of rotatable bonds is 4. The van der Waals surface area contributed by atoms with Gasteiger partial charge < -0.3 is 15.0 Å². The fraction of sp³-hybridized carbons (Fsp3) is 0.923. The Hall–Kier alpha value is -0.480. The molecule has 5 heteroatoms. The fourth-order valence-electron chi connectivity index (χ4n) is 1.97. The molecule has 0 aromatic rings. The summed E-state index contributed by atoms with van der Waals surface area (Å²) in [5.74, 6) is 0.698. The zero-order valence-electron chi connectivity index (χ0n) is 11.7. The molecule has 0 atom stereocenters. The average Bonchev–Trinajstić information content (AvgIpc) is 2.28. The number of ether oxygens (including phenoxy) is 1. The SMILES string of the molecule is CC(C)(C)OC(=O)N1CCC(NCCCCl)CC1. The summed E-state index contributed by atoms with van der Waals surface area (Å²) >= 11 is 5.64. The van der Waals surface area contributed by atoms with Crippen LogP contribution in [0.2, 0.25) is 0 Å². The Labute approximate surface area is 115 Å². The lowest BCUT2D eigenvalue weighted by molar-refractivity contribution is 0.0198. The maximum absolute atomic E-state index is 11.8. The molecule has 0 aromatic heterocycles. The van der Waals surface area contributed by atoms with Gasteiger partial charge in [-0.3, -0.25) is 0 Å². The lowest BCUT2D eigenvalue weighted by Crippen LogP contribution is -2.46. The van der Waals surface area contributed by atoms with Crippen LogP contribution in [0.25, 0.3) is 0 Å². The number of hydrogen-bond donors (Lipinski definition) is 1. The quantitative estimate of drug-likeness (QED) is 0.634. The minimum atomic E-state index is -0.410. The van der Waals surface area contributed by atoms with Crippen molar-refractivity contribution in [2.24, 2.45) is 0 Å². The van der Waals surface area contributed by atoms with Gasteiger partial charge in [0.25, 0.3) is 0 Å². The predicted molar refractivity (Wildman–Crippen MR) is 74.2 cm³/mol. The Morgan fingerprint density at radius 3 is 2.50 bits per heavy atom. The third kappa shape index (κ3) is 5.91. The van der Waals surface area contributed by atoms with Gasteiger partial charge in [0.2, 0.25) is 0 Å². The molecule has 0 saturated carbocycles. The Bertz CT molecular complexity index is 258. The van der Waals surface area contributed by atoms with Crippen molar-refractivity contribution in [1.82, 2.24) is 10.2 Å². The van der Waals surface area contributed by atoms with Crippen molar-refractivity contribution < 1.29 is 9.53 Å². The number of likely N-dealkylation sites (tertiary alicyclic amines) is 1. The number of amides is 1. The third-order valence-corrected chi connectivity index (χ3v) is 3.16. The molecule has 4 nitrogen and oxygen atoms in total. The highest BCUT2D eigenvalue weighted by molar-refractivity contribution is 6.17. The normalized spacial score (nSPS) is 17.9. The molecule has 0 aliphatic carbocycles. The van der Waals surface area contributed by atoms with Crippen molar-refractivity contribution >= 4 is 17.7 Å². The first-order chi connectivity index (χ1) is 8.42. The topological polar surface area (TPSA) is 41.6 Å². The van der Waals surface area contributed by atoms with E-state index in [4.69, 9.17) is 16.3 Å². The largest absolute Gasteiger partial charge is 0.444 e. The minimum absolute atomic E-state index is 0.193. The molecule has 0 unspecified atom stereocenters. The van der Waals surface area contributed by atoms with Crippen molar-refractivity contribution in [2.45, 2.75) is 51.7 Å². The maximum atomic E-state index is 11.8. The molecule has 0 spiro atoms. The Morgan fingerprint density at radius 2 is 2.00 bits per heavy atom. The van der Waals surface area contributed by atoms with Gasteiger partial charge in [0.05, 0.1) is 0 Å². The zero-order chi connectivity index (χ0) is 13.6. The van der Waals surface area contributed by atoms with Crippen LogP contribution in [-0.2, 0) is 4.74 Å². The van der Waals surface area contributed by atoms with Crippen molar-refractivity contribution in [1.29, 1.82) is 0 Å². The highest BCUT2D eigenvalue weighted by Gasteiger charge is 2.26. The van der Waals surface area contributed by atoms with Gasteiger partial charge in [0.1, 0.15) is 5.60 Å². The first-order valence-electron chi connectivity index (χ1n) is 6.69. The molecule has 1 aliphatic heterocycles. The van der Waals surface area contributed by atoms with Crippen LogP contribution in [0.4, 0.5) is 4.79 Å². The highest BCUT2D eigenvalue weighted by Crippen LogP contribution is 2.15. The standard InChI is InChI=1S/C13H25ClN2O2/c1-13(2,3)18-12(17)16-9-5-11(6-10-16)15-8-4-7-14/h11,15H,4-10H2,1-3H3. The Kier molecular flexibility index (Phi) is 6.22. The summed E-state index contributed by atoms with van der Waals surface area (Å²) in [6.45, 7) is 8.18. The van der Waals surface area contributed by atoms with E-state index in [0.29, 0.717) is 11.9 Å². The van der Waals surface area contributed by atoms with Crippen molar-refractivity contribution in [3.63, 3.8) is 0 Å². The summed E-state index contributed by atoms with van der Waals surface area (Å²) in [6, 6.07) is 0.506. The van der Waals surface area contributed by atoms with Gasteiger partial charge in [-0.15, -0.1) is 11.6 Å². The van der Waals surface area contributed by atoms with E-state index in [1.54, 1.807) is 4.90 Å². The van der Waals surface area contributed by atoms with Crippen LogP contribution in [-0.4, -0.2) is 48.2 Å². The molecule has 1 amide bonds. The molecule has 0 radical (unpaired) electrons. The number of carbonyl (C=O) groups is 1. The zero-order valence-corrected chi connectivity index (χ0v) is 12.4. The summed E-state index contributed by atoms with van der Waals surface area (Å²) in [5.41, 5.74) is -0.410. The van der Waals surface area contributed by atoms with E-state index in [9.17, 15) is 4.79 Å². The molecule has 1 saturated heterocycles. The van der Waals surface area contributed by atoms with Gasteiger partial charge in [-0.05, 0) is 46.6 Å². The van der Waals surface area contributed by atoms with E-state index in [1.165, 1.54) is 0 Å². The molecule has 18 heavy (non-hydrogen) atoms. The molecule has 1 N–H and O–H groups in total. The second-order valence-corrected chi connectivity index (χ2v) is 6.12. The number of nitrogens with one attached hydrogen (secondary N) is 1. The lowest BCUT2D eigenvalue weighted by atomic mass is 10.1. The summed E-state index contributed by atoms with van der Waals surface area (Å²) < 4.78 is 5.36. The number of alkyl halides is 1. The van der Waals surface area contributed by atoms with Crippen molar-refractivity contribution in [3.8, 4) is 0 Å². The fourth-order valence-corrected chi connectivity index (χ4v) is 2.10. The lowest BCUT2D eigenvalue weighted by Gasteiger charge is -2.33. The highest BCUT2D eigenvalue weighted by atomic mass is 35.5. The Morgan fingerprint density at radius 1 is 1.39 bits per heavy atom. The smallest absolute Gasteiger partial charge is 0.410 e. The molecule has 1 rings (SSSR count). The molecule has 0 bridgehead atoms. The summed E-state index contributed by atoms with van der Waals surface area (Å²) in [6.07, 6.45) is 2.78. The van der Waals surface area contributed by atoms with E-state index in [2.05, 4.69) is 5.32 Å². The minimum Gasteiger partial charge on any atom is -0.444 e. The monoisotopic (exact) mass is 276 g/mol. The van der Waals surface area contributed by atoms with E-state index >= 15 is 0 Å². The third-order valence-electron chi connectivity index (χ3n) is 2.89. The van der Waals surface area contributed by atoms with Crippen LogP contribution < -0.4 is 5.32 Å². The molecular formula is C13H25ClN2O2. The summed E-state index contributed by atoms with van der Waals surface area (Å²) in [7, 11) is 0. The molecule has 0 aromatic carbocycles. The Balaban J connectivity index is 2.24. The van der Waals surface area contributed by atoms with Gasteiger partial charge in [-0.25, -0.2) is 4.79 Å². The molecule has 1 heterocycles. The molecule has 1 fully saturated rings. The number of piperidine rings is 1. The van der Waals surface area contributed by atoms with Crippen LogP contribution in [0.1, 0.15) is 40.0 Å².